The average Bonchev–Trinajstić information content (AvgIpc) is 2.87. The predicted molar refractivity (Wildman–Crippen MR) is 61.7 cm³/mol. The summed E-state index contributed by atoms with van der Waals surface area (Å²) in [6.45, 7) is 3.43. The van der Waals surface area contributed by atoms with Gasteiger partial charge in [0.05, 0.1) is 11.1 Å². The van der Waals surface area contributed by atoms with E-state index in [-0.39, 0.29) is 5.60 Å². The largest absolute Gasteiger partial charge is 0.489 e. The molecule has 1 aromatic carbocycles. The summed E-state index contributed by atoms with van der Waals surface area (Å²) in [4.78, 5) is 0. The minimum Gasteiger partial charge on any atom is -0.489 e. The normalized spacial score (nSPS) is 24.8. The van der Waals surface area contributed by atoms with Crippen LogP contribution in [0.3, 0.4) is 0 Å². The number of ether oxygens (including phenoxy) is 2. The Morgan fingerprint density at radius 3 is 2.86 bits per heavy atom. The van der Waals surface area contributed by atoms with Gasteiger partial charge in [-0.05, 0) is 41.1 Å². The molecular weight excluding hydrogens is 312 g/mol. The summed E-state index contributed by atoms with van der Waals surface area (Å²) in [5.41, 5.74) is -0.0677. The molecule has 0 saturated carbocycles. The molecule has 2 rings (SSSR count). The molecule has 1 atom stereocenters. The summed E-state index contributed by atoms with van der Waals surface area (Å²) in [6, 6.07) is 5.86. The van der Waals surface area contributed by atoms with Gasteiger partial charge < -0.3 is 9.47 Å². The number of halogens is 2. The van der Waals surface area contributed by atoms with Crippen LogP contribution in [0.15, 0.2) is 27.1 Å². The molecule has 0 radical (unpaired) electrons. The maximum atomic E-state index is 5.64. The smallest absolute Gasteiger partial charge is 0.134 e. The molecule has 76 valence electrons. The summed E-state index contributed by atoms with van der Waals surface area (Å²) in [5, 5.41) is 0. The van der Waals surface area contributed by atoms with Crippen LogP contribution in [0, 0.1) is 0 Å². The second-order valence-corrected chi connectivity index (χ2v) is 5.37. The Morgan fingerprint density at radius 2 is 2.21 bits per heavy atom. The van der Waals surface area contributed by atoms with Crippen LogP contribution in [0.4, 0.5) is 0 Å². The van der Waals surface area contributed by atoms with E-state index in [0.717, 1.165) is 21.3 Å². The van der Waals surface area contributed by atoms with Gasteiger partial charge in [0.2, 0.25) is 0 Å². The molecule has 14 heavy (non-hydrogen) atoms. The van der Waals surface area contributed by atoms with Crippen LogP contribution in [0.1, 0.15) is 6.92 Å². The van der Waals surface area contributed by atoms with Crippen LogP contribution in [0.5, 0.6) is 5.75 Å². The lowest BCUT2D eigenvalue weighted by molar-refractivity contribution is 0.201. The van der Waals surface area contributed by atoms with Crippen molar-refractivity contribution in [1.82, 2.24) is 0 Å². The standard InChI is InChI=1S/C10H10Br2O2/c1-10(6-14-10)5-13-9-4-7(11)2-3-8(9)12/h2-4H,5-6H2,1H3. The molecule has 2 nitrogen and oxygen atoms in total. The first-order valence-corrected chi connectivity index (χ1v) is 5.89. The summed E-state index contributed by atoms with van der Waals surface area (Å²) >= 11 is 6.83. The molecule has 1 unspecified atom stereocenters. The molecule has 1 heterocycles. The Hall–Kier alpha value is -0.0600. The van der Waals surface area contributed by atoms with Crippen molar-refractivity contribution < 1.29 is 9.47 Å². The molecule has 1 fully saturated rings. The van der Waals surface area contributed by atoms with E-state index in [9.17, 15) is 0 Å². The Bertz CT molecular complexity index is 348. The summed E-state index contributed by atoms with van der Waals surface area (Å²) < 4.78 is 12.9. The number of hydrogen-bond acceptors (Lipinski definition) is 2. The van der Waals surface area contributed by atoms with Gasteiger partial charge in [-0.25, -0.2) is 0 Å². The first kappa shape index (κ1) is 10.5. The molecular formula is C10H10Br2O2. The van der Waals surface area contributed by atoms with Gasteiger partial charge in [0, 0.05) is 4.47 Å². The van der Waals surface area contributed by atoms with Gasteiger partial charge in [-0.1, -0.05) is 15.9 Å². The number of rotatable bonds is 3. The van der Waals surface area contributed by atoms with Crippen molar-refractivity contribution in [1.29, 1.82) is 0 Å². The van der Waals surface area contributed by atoms with E-state index in [1.807, 2.05) is 25.1 Å². The second-order valence-electron chi connectivity index (χ2n) is 3.60. The second kappa shape index (κ2) is 3.83. The van der Waals surface area contributed by atoms with Crippen LogP contribution in [0.2, 0.25) is 0 Å². The van der Waals surface area contributed by atoms with E-state index in [1.54, 1.807) is 0 Å². The van der Waals surface area contributed by atoms with E-state index in [4.69, 9.17) is 9.47 Å². The maximum absolute atomic E-state index is 5.64. The molecule has 1 saturated heterocycles. The van der Waals surface area contributed by atoms with Crippen molar-refractivity contribution in [3.05, 3.63) is 27.1 Å². The highest BCUT2D eigenvalue weighted by atomic mass is 79.9. The van der Waals surface area contributed by atoms with Crippen LogP contribution in [-0.4, -0.2) is 18.8 Å². The zero-order valence-corrected chi connectivity index (χ0v) is 10.9. The van der Waals surface area contributed by atoms with Gasteiger partial charge >= 0.3 is 0 Å². The number of hydrogen-bond donors (Lipinski definition) is 0. The minimum atomic E-state index is -0.0677. The van der Waals surface area contributed by atoms with Crippen molar-refractivity contribution in [2.24, 2.45) is 0 Å². The van der Waals surface area contributed by atoms with Crippen LogP contribution in [0.25, 0.3) is 0 Å². The first-order chi connectivity index (χ1) is 6.59. The molecule has 1 aliphatic heterocycles. The lowest BCUT2D eigenvalue weighted by atomic mass is 10.2. The Balaban J connectivity index is 2.04. The van der Waals surface area contributed by atoms with Gasteiger partial charge in [-0.3, -0.25) is 0 Å². The highest BCUT2D eigenvalue weighted by Crippen LogP contribution is 2.31. The Kier molecular flexibility index (Phi) is 2.86. The Morgan fingerprint density at radius 1 is 1.50 bits per heavy atom. The summed E-state index contributed by atoms with van der Waals surface area (Å²) in [5.74, 6) is 0.844. The fourth-order valence-corrected chi connectivity index (χ4v) is 1.73. The lowest BCUT2D eigenvalue weighted by Gasteiger charge is -2.10. The molecule has 4 heteroatoms. The quantitative estimate of drug-likeness (QED) is 0.796. The Labute approximate surface area is 99.8 Å². The molecule has 0 bridgehead atoms. The van der Waals surface area contributed by atoms with Crippen molar-refractivity contribution in [3.63, 3.8) is 0 Å². The van der Waals surface area contributed by atoms with Gasteiger partial charge in [-0.2, -0.15) is 0 Å². The molecule has 0 amide bonds. The highest BCUT2D eigenvalue weighted by molar-refractivity contribution is 9.11. The van der Waals surface area contributed by atoms with Gasteiger partial charge in [0.15, 0.2) is 0 Å². The SMILES string of the molecule is CC1(COc2cc(Br)ccc2Br)CO1. The zero-order chi connectivity index (χ0) is 10.2. The third-order valence-electron chi connectivity index (χ3n) is 2.06. The molecule has 0 aromatic heterocycles. The van der Waals surface area contributed by atoms with E-state index in [0.29, 0.717) is 6.61 Å². The van der Waals surface area contributed by atoms with Gasteiger partial charge in [0.1, 0.15) is 18.0 Å². The molecule has 0 spiro atoms. The van der Waals surface area contributed by atoms with Crippen molar-refractivity contribution >= 4 is 31.9 Å². The first-order valence-electron chi connectivity index (χ1n) is 4.31. The fraction of sp³-hybridized carbons (Fsp3) is 0.400. The molecule has 1 aromatic rings. The van der Waals surface area contributed by atoms with Crippen molar-refractivity contribution in [2.45, 2.75) is 12.5 Å². The monoisotopic (exact) mass is 320 g/mol. The van der Waals surface area contributed by atoms with E-state index in [1.165, 1.54) is 0 Å². The van der Waals surface area contributed by atoms with Crippen molar-refractivity contribution in [3.8, 4) is 5.75 Å². The van der Waals surface area contributed by atoms with Crippen LogP contribution < -0.4 is 4.74 Å². The van der Waals surface area contributed by atoms with Crippen LogP contribution >= 0.6 is 31.9 Å². The number of benzene rings is 1. The minimum absolute atomic E-state index is 0.0677. The molecule has 0 N–H and O–H groups in total. The average molecular weight is 322 g/mol. The van der Waals surface area contributed by atoms with Gasteiger partial charge in [0.25, 0.3) is 0 Å². The number of epoxide rings is 1. The molecule has 1 aliphatic rings. The maximum Gasteiger partial charge on any atom is 0.134 e. The summed E-state index contributed by atoms with van der Waals surface area (Å²) in [6.07, 6.45) is 0. The lowest BCUT2D eigenvalue weighted by Crippen LogP contribution is -2.17. The topological polar surface area (TPSA) is 21.8 Å². The van der Waals surface area contributed by atoms with E-state index < -0.39 is 0 Å². The zero-order valence-electron chi connectivity index (χ0n) is 7.72. The van der Waals surface area contributed by atoms with Gasteiger partial charge in [-0.15, -0.1) is 0 Å². The molecule has 0 aliphatic carbocycles. The highest BCUT2D eigenvalue weighted by Gasteiger charge is 2.40. The van der Waals surface area contributed by atoms with E-state index in [2.05, 4.69) is 31.9 Å². The third kappa shape index (κ3) is 2.49. The predicted octanol–water partition coefficient (Wildman–Crippen LogP) is 3.38. The van der Waals surface area contributed by atoms with Crippen molar-refractivity contribution in [2.75, 3.05) is 13.2 Å². The van der Waals surface area contributed by atoms with E-state index >= 15 is 0 Å². The third-order valence-corrected chi connectivity index (χ3v) is 3.21. The van der Waals surface area contributed by atoms with Crippen LogP contribution in [-0.2, 0) is 4.74 Å². The summed E-state index contributed by atoms with van der Waals surface area (Å²) in [7, 11) is 0. The fourth-order valence-electron chi connectivity index (χ4n) is 1.02.